The molecule has 168 valence electrons. The molecule has 0 saturated heterocycles. The lowest BCUT2D eigenvalue weighted by molar-refractivity contribution is 1.47. The summed E-state index contributed by atoms with van der Waals surface area (Å²) in [4.78, 5) is 4.94. The van der Waals surface area contributed by atoms with Gasteiger partial charge in [0.1, 0.15) is 5.01 Å². The summed E-state index contributed by atoms with van der Waals surface area (Å²) in [5.41, 5.74) is 7.33. The molecule has 36 heavy (non-hydrogen) atoms. The average Bonchev–Trinajstić information content (AvgIpc) is 3.54. The van der Waals surface area contributed by atoms with Gasteiger partial charge in [0.05, 0.1) is 21.8 Å². The van der Waals surface area contributed by atoms with Gasteiger partial charge in [-0.1, -0.05) is 54.6 Å². The van der Waals surface area contributed by atoms with Gasteiger partial charge in [-0.15, -0.1) is 22.7 Å². The van der Waals surface area contributed by atoms with Crippen molar-refractivity contribution >= 4 is 53.1 Å². The van der Waals surface area contributed by atoms with Crippen LogP contribution in [0.4, 0.5) is 0 Å². The number of hydrogen-bond acceptors (Lipinski definition) is 4. The Morgan fingerprint density at radius 2 is 1.19 bits per heavy atom. The molecule has 7 rings (SSSR count). The number of aromatic nitrogens is 1. The van der Waals surface area contributed by atoms with Crippen LogP contribution in [0.15, 0.2) is 109 Å². The van der Waals surface area contributed by atoms with Crippen molar-refractivity contribution in [3.63, 3.8) is 0 Å². The van der Waals surface area contributed by atoms with Crippen LogP contribution < -0.4 is 0 Å². The lowest BCUT2D eigenvalue weighted by Gasteiger charge is -2.10. The Hall–Kier alpha value is -4.30. The van der Waals surface area contributed by atoms with Crippen molar-refractivity contribution in [1.29, 1.82) is 5.26 Å². The fourth-order valence-electron chi connectivity index (χ4n) is 4.72. The molecule has 0 radical (unpaired) electrons. The van der Waals surface area contributed by atoms with Crippen LogP contribution in [0.3, 0.4) is 0 Å². The number of thiophene rings is 1. The number of para-hydroxylation sites is 1. The van der Waals surface area contributed by atoms with E-state index in [9.17, 15) is 5.26 Å². The van der Waals surface area contributed by atoms with Gasteiger partial charge in [0.2, 0.25) is 0 Å². The van der Waals surface area contributed by atoms with Gasteiger partial charge < -0.3 is 0 Å². The Kier molecular flexibility index (Phi) is 4.92. The average molecular weight is 495 g/mol. The largest absolute Gasteiger partial charge is 0.236 e. The van der Waals surface area contributed by atoms with E-state index in [1.807, 2.05) is 41.7 Å². The number of benzene rings is 5. The van der Waals surface area contributed by atoms with Crippen molar-refractivity contribution in [2.75, 3.05) is 0 Å². The molecular weight excluding hydrogens is 477 g/mol. The van der Waals surface area contributed by atoms with Crippen molar-refractivity contribution in [3.8, 4) is 38.9 Å². The number of fused-ring (bicyclic) bond motifs is 4. The van der Waals surface area contributed by atoms with E-state index < -0.39 is 0 Å². The molecule has 4 heteroatoms. The summed E-state index contributed by atoms with van der Waals surface area (Å²) in [6.07, 6.45) is 0. The van der Waals surface area contributed by atoms with Gasteiger partial charge in [-0.25, -0.2) is 4.98 Å². The second kappa shape index (κ2) is 8.42. The highest BCUT2D eigenvalue weighted by atomic mass is 32.1. The lowest BCUT2D eigenvalue weighted by Crippen LogP contribution is -1.86. The molecule has 2 heterocycles. The molecule has 0 aliphatic rings. The van der Waals surface area contributed by atoms with Crippen LogP contribution in [-0.4, -0.2) is 4.98 Å². The summed E-state index contributed by atoms with van der Waals surface area (Å²) in [5, 5.41) is 12.9. The maximum atomic E-state index is 9.24. The first-order valence-corrected chi connectivity index (χ1v) is 13.3. The van der Waals surface area contributed by atoms with Crippen LogP contribution >= 0.6 is 22.7 Å². The molecule has 2 nitrogen and oxygen atoms in total. The third-order valence-electron chi connectivity index (χ3n) is 6.53. The van der Waals surface area contributed by atoms with Crippen molar-refractivity contribution < 1.29 is 0 Å². The summed E-state index contributed by atoms with van der Waals surface area (Å²) in [5.74, 6) is 0. The van der Waals surface area contributed by atoms with Crippen LogP contribution in [0.5, 0.6) is 0 Å². The summed E-state index contributed by atoms with van der Waals surface area (Å²) >= 11 is 3.56. The Labute approximate surface area is 216 Å². The number of rotatable bonds is 3. The summed E-state index contributed by atoms with van der Waals surface area (Å²) < 4.78 is 3.79. The topological polar surface area (TPSA) is 36.7 Å². The third-order valence-corrected chi connectivity index (χ3v) is 8.75. The number of thiazole rings is 1. The highest BCUT2D eigenvalue weighted by Gasteiger charge is 2.13. The minimum atomic E-state index is 0.663. The highest BCUT2D eigenvalue weighted by molar-refractivity contribution is 7.25. The van der Waals surface area contributed by atoms with Crippen LogP contribution in [0.25, 0.3) is 63.2 Å². The molecule has 0 fully saturated rings. The minimum Gasteiger partial charge on any atom is -0.236 e. The zero-order valence-corrected chi connectivity index (χ0v) is 20.7. The fraction of sp³-hybridized carbons (Fsp3) is 0. The predicted molar refractivity (Wildman–Crippen MR) is 154 cm³/mol. The van der Waals surface area contributed by atoms with E-state index in [0.717, 1.165) is 32.8 Å². The Balaban J connectivity index is 1.43. The SMILES string of the molecule is N#Cc1ccc(-c2cc(-c3ccc4c(c3)sc3ccccc34)cc(-c3nc4ccccc4s3)c2)cc1. The lowest BCUT2D eigenvalue weighted by atomic mass is 9.95. The molecule has 0 bridgehead atoms. The molecule has 0 spiro atoms. The molecule has 0 saturated carbocycles. The van der Waals surface area contributed by atoms with Gasteiger partial charge in [-0.3, -0.25) is 0 Å². The Morgan fingerprint density at radius 1 is 0.528 bits per heavy atom. The van der Waals surface area contributed by atoms with E-state index in [1.54, 1.807) is 11.3 Å². The van der Waals surface area contributed by atoms with Gasteiger partial charge in [0.25, 0.3) is 0 Å². The van der Waals surface area contributed by atoms with Crippen molar-refractivity contribution in [3.05, 3.63) is 115 Å². The Bertz CT molecular complexity index is 1920. The van der Waals surface area contributed by atoms with Crippen LogP contribution in [0, 0.1) is 11.3 Å². The van der Waals surface area contributed by atoms with Crippen molar-refractivity contribution in [2.45, 2.75) is 0 Å². The molecule has 2 aromatic heterocycles. The Morgan fingerprint density at radius 3 is 2.00 bits per heavy atom. The second-order valence-electron chi connectivity index (χ2n) is 8.78. The van der Waals surface area contributed by atoms with E-state index in [0.29, 0.717) is 5.56 Å². The molecule has 0 unspecified atom stereocenters. The van der Waals surface area contributed by atoms with Gasteiger partial charge in [-0.05, 0) is 76.9 Å². The first-order chi connectivity index (χ1) is 17.7. The molecule has 0 N–H and O–H groups in total. The quantitative estimate of drug-likeness (QED) is 0.245. The monoisotopic (exact) mass is 494 g/mol. The molecule has 0 amide bonds. The molecule has 0 atom stereocenters. The van der Waals surface area contributed by atoms with E-state index in [-0.39, 0.29) is 0 Å². The van der Waals surface area contributed by atoms with E-state index in [1.165, 1.54) is 30.4 Å². The minimum absolute atomic E-state index is 0.663. The molecule has 7 aromatic rings. The van der Waals surface area contributed by atoms with E-state index in [4.69, 9.17) is 4.98 Å². The van der Waals surface area contributed by atoms with Crippen LogP contribution in [0.1, 0.15) is 5.56 Å². The fourth-order valence-corrected chi connectivity index (χ4v) is 6.82. The van der Waals surface area contributed by atoms with Gasteiger partial charge in [0.15, 0.2) is 0 Å². The smallest absolute Gasteiger partial charge is 0.124 e. The number of nitrogens with zero attached hydrogens (tertiary/aromatic N) is 2. The van der Waals surface area contributed by atoms with E-state index in [2.05, 4.69) is 84.9 Å². The standard InChI is InChI=1S/C32H18N2S2/c33-19-20-9-11-21(12-10-20)23-15-24(17-25(16-23)32-34-28-6-2-4-8-30(28)36-32)22-13-14-27-26-5-1-3-7-29(26)35-31(27)18-22/h1-18H. The molecule has 0 aliphatic carbocycles. The van der Waals surface area contributed by atoms with Gasteiger partial charge >= 0.3 is 0 Å². The maximum absolute atomic E-state index is 9.24. The molecular formula is C32H18N2S2. The van der Waals surface area contributed by atoms with Crippen LogP contribution in [-0.2, 0) is 0 Å². The van der Waals surface area contributed by atoms with Crippen molar-refractivity contribution in [1.82, 2.24) is 4.98 Å². The van der Waals surface area contributed by atoms with Gasteiger partial charge in [0, 0.05) is 25.7 Å². The normalized spacial score (nSPS) is 11.3. The summed E-state index contributed by atoms with van der Waals surface area (Å²) in [6.45, 7) is 0. The molecule has 0 aliphatic heterocycles. The number of hydrogen-bond donors (Lipinski definition) is 0. The first kappa shape index (κ1) is 21.0. The maximum Gasteiger partial charge on any atom is 0.124 e. The van der Waals surface area contributed by atoms with Gasteiger partial charge in [-0.2, -0.15) is 5.26 Å². The highest BCUT2D eigenvalue weighted by Crippen LogP contribution is 2.39. The zero-order chi connectivity index (χ0) is 24.1. The predicted octanol–water partition coefficient (Wildman–Crippen LogP) is 9.54. The zero-order valence-electron chi connectivity index (χ0n) is 19.1. The first-order valence-electron chi connectivity index (χ1n) is 11.7. The number of nitriles is 1. The summed E-state index contributed by atoms with van der Waals surface area (Å²) in [6, 6.07) is 40.4. The molecule has 5 aromatic carbocycles. The summed E-state index contributed by atoms with van der Waals surface area (Å²) in [7, 11) is 0. The van der Waals surface area contributed by atoms with Crippen LogP contribution in [0.2, 0.25) is 0 Å². The van der Waals surface area contributed by atoms with E-state index >= 15 is 0 Å². The third kappa shape index (κ3) is 3.58. The second-order valence-corrected chi connectivity index (χ2v) is 10.9. The van der Waals surface area contributed by atoms with Crippen molar-refractivity contribution in [2.24, 2.45) is 0 Å².